The Morgan fingerprint density at radius 3 is 2.67 bits per heavy atom. The third-order valence-electron chi connectivity index (χ3n) is 2.92. The summed E-state index contributed by atoms with van der Waals surface area (Å²) in [7, 11) is 0. The summed E-state index contributed by atoms with van der Waals surface area (Å²) in [6.45, 7) is 7.75. The number of aliphatic hydroxyl groups is 1. The lowest BCUT2D eigenvalue weighted by atomic mass is 10.1. The fourth-order valence-electron chi connectivity index (χ4n) is 1.65. The molecule has 1 aromatic carbocycles. The van der Waals surface area contributed by atoms with Crippen LogP contribution in [0.25, 0.3) is 0 Å². The van der Waals surface area contributed by atoms with Gasteiger partial charge in [-0.2, -0.15) is 0 Å². The second-order valence-electron chi connectivity index (χ2n) is 4.95. The zero-order valence-corrected chi connectivity index (χ0v) is 15.1. The predicted molar refractivity (Wildman–Crippen MR) is 95.6 cm³/mol. The van der Waals surface area contributed by atoms with Gasteiger partial charge in [0.2, 0.25) is 0 Å². The van der Waals surface area contributed by atoms with Gasteiger partial charge in [0.25, 0.3) is 0 Å². The summed E-state index contributed by atoms with van der Waals surface area (Å²) in [6, 6.07) is 5.01. The summed E-state index contributed by atoms with van der Waals surface area (Å²) >= 11 is 0. The first-order chi connectivity index (χ1) is 9.56. The Morgan fingerprint density at radius 1 is 1.38 bits per heavy atom. The minimum Gasteiger partial charge on any atom is -0.396 e. The van der Waals surface area contributed by atoms with Crippen molar-refractivity contribution in [2.24, 2.45) is 10.9 Å². The Balaban J connectivity index is 0.00000400. The molecule has 0 heterocycles. The van der Waals surface area contributed by atoms with Gasteiger partial charge in [-0.05, 0) is 37.0 Å². The third kappa shape index (κ3) is 7.61. The van der Waals surface area contributed by atoms with Crippen LogP contribution in [0.4, 0.5) is 4.39 Å². The summed E-state index contributed by atoms with van der Waals surface area (Å²) in [5.41, 5.74) is 1.60. The summed E-state index contributed by atoms with van der Waals surface area (Å²) in [4.78, 5) is 4.45. The summed E-state index contributed by atoms with van der Waals surface area (Å²) in [6.07, 6.45) is 0. The van der Waals surface area contributed by atoms with Gasteiger partial charge in [-0.1, -0.05) is 19.1 Å². The van der Waals surface area contributed by atoms with Crippen LogP contribution in [0.5, 0.6) is 0 Å². The minimum absolute atomic E-state index is 0. The van der Waals surface area contributed by atoms with Crippen LogP contribution in [-0.2, 0) is 6.54 Å². The fraction of sp³-hybridized carbons (Fsp3) is 0.533. The van der Waals surface area contributed by atoms with Gasteiger partial charge in [-0.3, -0.25) is 0 Å². The molecule has 0 aromatic heterocycles. The van der Waals surface area contributed by atoms with E-state index >= 15 is 0 Å². The summed E-state index contributed by atoms with van der Waals surface area (Å²) in [5.74, 6) is 0.682. The lowest BCUT2D eigenvalue weighted by Crippen LogP contribution is -2.39. The molecular weight excluding hydrogens is 384 g/mol. The van der Waals surface area contributed by atoms with E-state index in [9.17, 15) is 4.39 Å². The number of guanidine groups is 1. The average molecular weight is 409 g/mol. The molecule has 0 aliphatic heterocycles. The zero-order valence-electron chi connectivity index (χ0n) is 12.8. The van der Waals surface area contributed by atoms with Gasteiger partial charge >= 0.3 is 0 Å². The van der Waals surface area contributed by atoms with Crippen LogP contribution in [0.1, 0.15) is 25.0 Å². The molecule has 0 spiro atoms. The maximum atomic E-state index is 13.2. The normalized spacial score (nSPS) is 12.5. The number of rotatable bonds is 6. The molecule has 1 aromatic rings. The predicted octanol–water partition coefficient (Wildman–Crippen LogP) is 2.44. The molecule has 0 radical (unpaired) electrons. The molecule has 1 atom stereocenters. The standard InChI is InChI=1S/C15H24FN3O.HI/c1-4-17-15(18-8-11(2)10-20)19-9-13-5-6-14(16)12(3)7-13;/h5-7,11,20H,4,8-10H2,1-3H3,(H2,17,18,19);1H. The van der Waals surface area contributed by atoms with Gasteiger partial charge in [-0.15, -0.1) is 24.0 Å². The zero-order chi connectivity index (χ0) is 15.0. The number of nitrogens with zero attached hydrogens (tertiary/aromatic N) is 1. The van der Waals surface area contributed by atoms with E-state index in [1.54, 1.807) is 19.1 Å². The second kappa shape index (κ2) is 10.8. The Morgan fingerprint density at radius 2 is 2.10 bits per heavy atom. The number of benzene rings is 1. The number of aryl methyl sites for hydroxylation is 1. The van der Waals surface area contributed by atoms with Crippen molar-refractivity contribution in [1.29, 1.82) is 0 Å². The molecule has 0 amide bonds. The molecule has 3 N–H and O–H groups in total. The number of hydrogen-bond acceptors (Lipinski definition) is 2. The quantitative estimate of drug-likeness (QED) is 0.385. The highest BCUT2D eigenvalue weighted by molar-refractivity contribution is 14.0. The number of aliphatic imine (C=N–C) groups is 1. The number of hydrogen-bond donors (Lipinski definition) is 3. The molecular formula is C15H25FIN3O. The van der Waals surface area contributed by atoms with Crippen molar-refractivity contribution in [1.82, 2.24) is 10.6 Å². The van der Waals surface area contributed by atoms with E-state index in [1.807, 2.05) is 13.8 Å². The summed E-state index contributed by atoms with van der Waals surface area (Å²) in [5, 5.41) is 15.3. The third-order valence-corrected chi connectivity index (χ3v) is 2.92. The van der Waals surface area contributed by atoms with Gasteiger partial charge in [-0.25, -0.2) is 9.38 Å². The van der Waals surface area contributed by atoms with Crippen LogP contribution in [-0.4, -0.2) is 30.8 Å². The minimum atomic E-state index is -0.195. The van der Waals surface area contributed by atoms with Crippen molar-refractivity contribution in [3.63, 3.8) is 0 Å². The molecule has 0 aliphatic carbocycles. The van der Waals surface area contributed by atoms with Gasteiger partial charge in [0.15, 0.2) is 5.96 Å². The molecule has 0 bridgehead atoms. The molecule has 0 saturated heterocycles. The molecule has 6 heteroatoms. The van der Waals surface area contributed by atoms with Crippen molar-refractivity contribution in [3.8, 4) is 0 Å². The highest BCUT2D eigenvalue weighted by Crippen LogP contribution is 2.09. The van der Waals surface area contributed by atoms with E-state index in [2.05, 4.69) is 15.6 Å². The van der Waals surface area contributed by atoms with Crippen LogP contribution < -0.4 is 10.6 Å². The molecule has 21 heavy (non-hydrogen) atoms. The molecule has 4 nitrogen and oxygen atoms in total. The van der Waals surface area contributed by atoms with Crippen molar-refractivity contribution < 1.29 is 9.50 Å². The van der Waals surface area contributed by atoms with E-state index in [-0.39, 0.29) is 42.3 Å². The van der Waals surface area contributed by atoms with Crippen LogP contribution in [0.3, 0.4) is 0 Å². The highest BCUT2D eigenvalue weighted by Gasteiger charge is 2.03. The Hall–Kier alpha value is -0.890. The number of halogens is 2. The highest BCUT2D eigenvalue weighted by atomic mass is 127. The smallest absolute Gasteiger partial charge is 0.191 e. The Bertz CT molecular complexity index is 455. The van der Waals surface area contributed by atoms with Crippen LogP contribution in [0.15, 0.2) is 23.2 Å². The lowest BCUT2D eigenvalue weighted by Gasteiger charge is -2.14. The maximum Gasteiger partial charge on any atom is 0.191 e. The Kier molecular flexibility index (Phi) is 10.3. The molecule has 120 valence electrons. The maximum absolute atomic E-state index is 13.2. The second-order valence-corrected chi connectivity index (χ2v) is 4.95. The van der Waals surface area contributed by atoms with Crippen molar-refractivity contribution in [2.45, 2.75) is 27.3 Å². The van der Waals surface area contributed by atoms with E-state index in [0.717, 1.165) is 12.1 Å². The average Bonchev–Trinajstić information content (AvgIpc) is 2.45. The molecule has 1 rings (SSSR count). The van der Waals surface area contributed by atoms with Gasteiger partial charge in [0.05, 0.1) is 6.54 Å². The molecule has 0 aliphatic rings. The van der Waals surface area contributed by atoms with Crippen LogP contribution in [0.2, 0.25) is 0 Å². The monoisotopic (exact) mass is 409 g/mol. The number of nitrogens with one attached hydrogen (secondary N) is 2. The number of aliphatic hydroxyl groups excluding tert-OH is 1. The molecule has 0 fully saturated rings. The first-order valence-electron chi connectivity index (χ1n) is 6.94. The SMILES string of the molecule is CCNC(=NCc1ccc(F)c(C)c1)NCC(C)CO.I. The van der Waals surface area contributed by atoms with E-state index in [1.165, 1.54) is 6.07 Å². The first-order valence-corrected chi connectivity index (χ1v) is 6.94. The fourth-order valence-corrected chi connectivity index (χ4v) is 1.65. The van der Waals surface area contributed by atoms with Crippen molar-refractivity contribution >= 4 is 29.9 Å². The summed E-state index contributed by atoms with van der Waals surface area (Å²) < 4.78 is 13.2. The molecule has 1 unspecified atom stereocenters. The van der Waals surface area contributed by atoms with Crippen molar-refractivity contribution in [3.05, 3.63) is 35.1 Å². The van der Waals surface area contributed by atoms with Gasteiger partial charge < -0.3 is 15.7 Å². The van der Waals surface area contributed by atoms with Crippen molar-refractivity contribution in [2.75, 3.05) is 19.7 Å². The topological polar surface area (TPSA) is 56.7 Å². The lowest BCUT2D eigenvalue weighted by molar-refractivity contribution is 0.238. The molecule has 0 saturated carbocycles. The van der Waals surface area contributed by atoms with Gasteiger partial charge in [0.1, 0.15) is 5.82 Å². The Labute approximate surface area is 143 Å². The van der Waals surface area contributed by atoms with Crippen LogP contribution in [0, 0.1) is 18.7 Å². The van der Waals surface area contributed by atoms with E-state index < -0.39 is 0 Å². The van der Waals surface area contributed by atoms with E-state index in [0.29, 0.717) is 24.6 Å². The van der Waals surface area contributed by atoms with Gasteiger partial charge in [0, 0.05) is 19.7 Å². The van der Waals surface area contributed by atoms with Crippen LogP contribution >= 0.6 is 24.0 Å². The first kappa shape index (κ1) is 20.1. The largest absolute Gasteiger partial charge is 0.396 e. The van der Waals surface area contributed by atoms with E-state index in [4.69, 9.17) is 5.11 Å².